The number of para-hydroxylation sites is 1. The van der Waals surface area contributed by atoms with Gasteiger partial charge in [0.1, 0.15) is 5.82 Å². The van der Waals surface area contributed by atoms with Gasteiger partial charge < -0.3 is 5.11 Å². The van der Waals surface area contributed by atoms with Crippen molar-refractivity contribution in [2.45, 2.75) is 12.8 Å². The van der Waals surface area contributed by atoms with E-state index in [2.05, 4.69) is 113 Å². The second-order valence-corrected chi connectivity index (χ2v) is 11.9. The van der Waals surface area contributed by atoms with E-state index >= 15 is 0 Å². The quantitative estimate of drug-likeness (QED) is 0.179. The summed E-state index contributed by atoms with van der Waals surface area (Å²) < 4.78 is 2.27. The zero-order valence-corrected chi connectivity index (χ0v) is 26.1. The number of aryl methyl sites for hydroxylation is 1. The van der Waals surface area contributed by atoms with Crippen LogP contribution in [-0.2, 0) is 6.42 Å². The number of H-pyrrole nitrogens is 1. The number of hydrogen-bond donors (Lipinski definition) is 0. The average Bonchev–Trinajstić information content (AvgIpc) is 3.51. The first-order valence-electron chi connectivity index (χ1n) is 15.7. The third-order valence-electron chi connectivity index (χ3n) is 9.23. The molecule has 9 rings (SSSR count). The van der Waals surface area contributed by atoms with E-state index in [1.165, 1.54) is 0 Å². The molecule has 0 aliphatic heterocycles. The first kappa shape index (κ1) is 29.0. The summed E-state index contributed by atoms with van der Waals surface area (Å²) in [5.41, 5.74) is 9.00. The Labute approximate surface area is 284 Å². The van der Waals surface area contributed by atoms with Gasteiger partial charge in [-0.25, -0.2) is 9.97 Å². The molecule has 47 heavy (non-hydrogen) atoms. The predicted molar refractivity (Wildman–Crippen MR) is 186 cm³/mol. The van der Waals surface area contributed by atoms with Gasteiger partial charge in [0, 0.05) is 22.7 Å². The van der Waals surface area contributed by atoms with Gasteiger partial charge in [0.05, 0.1) is 11.4 Å². The van der Waals surface area contributed by atoms with Gasteiger partial charge in [-0.15, -0.1) is 0 Å². The van der Waals surface area contributed by atoms with Gasteiger partial charge in [-0.2, -0.15) is 0 Å². The maximum atomic E-state index is 13.9. The Bertz CT molecular complexity index is 2480. The van der Waals surface area contributed by atoms with Crippen LogP contribution in [0.15, 0.2) is 140 Å². The number of hydrogen-bond acceptors (Lipinski definition) is 2. The van der Waals surface area contributed by atoms with Crippen LogP contribution in [0.25, 0.3) is 77.9 Å². The van der Waals surface area contributed by atoms with Crippen LogP contribution in [0.4, 0.5) is 0 Å². The van der Waals surface area contributed by atoms with Crippen LogP contribution in [-0.4, -0.2) is 9.55 Å². The van der Waals surface area contributed by atoms with Gasteiger partial charge in [0.2, 0.25) is 5.52 Å². The molecule has 0 fully saturated rings. The van der Waals surface area contributed by atoms with E-state index in [0.717, 1.165) is 84.9 Å². The summed E-state index contributed by atoms with van der Waals surface area (Å²) in [5, 5.41) is 19.2. The van der Waals surface area contributed by atoms with Crippen molar-refractivity contribution in [2.24, 2.45) is 0 Å². The van der Waals surface area contributed by atoms with E-state index < -0.39 is 0 Å². The summed E-state index contributed by atoms with van der Waals surface area (Å²) in [5.74, 6) is 0.967. The van der Waals surface area contributed by atoms with Crippen molar-refractivity contribution in [3.63, 3.8) is 0 Å². The van der Waals surface area contributed by atoms with E-state index in [1.807, 2.05) is 42.6 Å². The molecule has 0 amide bonds. The molecule has 0 bridgehead atoms. The summed E-state index contributed by atoms with van der Waals surface area (Å²) in [6.45, 7) is 0. The largest absolute Gasteiger partial charge is 1.00 e. The number of nitrogens with one attached hydrogen (secondary N) is 1. The third kappa shape index (κ3) is 4.86. The zero-order chi connectivity index (χ0) is 30.6. The summed E-state index contributed by atoms with van der Waals surface area (Å²) in [4.78, 5) is 8.31. The van der Waals surface area contributed by atoms with Crippen LogP contribution < -0.4 is 29.0 Å². The fraction of sp³-hybridized carbons (Fsp3) is 0.0476. The number of allylic oxidation sites excluding steroid dienone is 1. The van der Waals surface area contributed by atoms with Crippen LogP contribution in [0.3, 0.4) is 0 Å². The van der Waals surface area contributed by atoms with Crippen molar-refractivity contribution in [3.8, 4) is 45.1 Å². The fourth-order valence-corrected chi connectivity index (χ4v) is 6.99. The maximum absolute atomic E-state index is 13.9. The number of fused-ring (bicyclic) bond motifs is 4. The number of imidazole rings is 1. The standard InChI is InChI=1S/C42H29N3O.Li/c46-41-35(23-22-28-10-8-24-43-40(28)41)39-34-13-5-4-9-31(34)25-32-21-20-30(26-36(32)39)27-16-18-29(19-17-27)42-44-37-14-6-7-15-38(37)45(42)33-11-2-1-3-12-33;/h1-5,7-13,15-26,46H,6,14H2;/q;+1. The molecule has 8 aromatic rings. The molecule has 0 spiro atoms. The molecule has 2 aromatic heterocycles. The van der Waals surface area contributed by atoms with Crippen LogP contribution in [0, 0.1) is 0 Å². The second-order valence-electron chi connectivity index (χ2n) is 11.9. The summed E-state index contributed by atoms with van der Waals surface area (Å²) in [7, 11) is 0. The summed E-state index contributed by atoms with van der Waals surface area (Å²) in [6, 6.07) is 44.2. The molecule has 218 valence electrons. The van der Waals surface area contributed by atoms with Crippen LogP contribution in [0.5, 0.6) is 5.75 Å². The molecule has 0 atom stereocenters. The van der Waals surface area contributed by atoms with E-state index in [0.29, 0.717) is 11.1 Å². The Kier molecular flexibility index (Phi) is 7.26. The van der Waals surface area contributed by atoms with Crippen LogP contribution in [0.1, 0.15) is 17.8 Å². The molecule has 2 heterocycles. The minimum atomic E-state index is 0. The average molecular weight is 599 g/mol. The van der Waals surface area contributed by atoms with E-state index in [9.17, 15) is 5.11 Å². The number of rotatable bonds is 4. The Hall–Kier alpha value is -5.40. The van der Waals surface area contributed by atoms with E-state index in [4.69, 9.17) is 4.98 Å². The van der Waals surface area contributed by atoms with Gasteiger partial charge >= 0.3 is 18.9 Å². The topological polar surface area (TPSA) is 55.0 Å². The molecule has 0 saturated heterocycles. The van der Waals surface area contributed by atoms with Crippen molar-refractivity contribution >= 4 is 38.5 Å². The molecular formula is C42H29LiN3O+. The molecule has 0 saturated carbocycles. The first-order valence-corrected chi connectivity index (χ1v) is 15.7. The van der Waals surface area contributed by atoms with Crippen LogP contribution in [0.2, 0.25) is 0 Å². The summed E-state index contributed by atoms with van der Waals surface area (Å²) >= 11 is 0. The number of pyridine rings is 1. The molecule has 6 aromatic carbocycles. The van der Waals surface area contributed by atoms with Crippen molar-refractivity contribution < 1.29 is 29.0 Å². The summed E-state index contributed by atoms with van der Waals surface area (Å²) in [6.07, 6.45) is 8.22. The normalized spacial score (nSPS) is 12.3. The number of aromatic nitrogens is 3. The smallest absolute Gasteiger partial charge is 0.868 e. The predicted octanol–water partition coefficient (Wildman–Crippen LogP) is 6.18. The molecule has 1 aliphatic rings. The molecule has 4 nitrogen and oxygen atoms in total. The van der Waals surface area contributed by atoms with Gasteiger partial charge in [-0.1, -0.05) is 91.0 Å². The molecular weight excluding hydrogens is 569 g/mol. The zero-order valence-electron chi connectivity index (χ0n) is 26.1. The Morgan fingerprint density at radius 1 is 0.660 bits per heavy atom. The third-order valence-corrected chi connectivity index (χ3v) is 9.23. The number of aromatic amines is 1. The van der Waals surface area contributed by atoms with Gasteiger partial charge in [0.25, 0.3) is 0 Å². The minimum Gasteiger partial charge on any atom is -0.868 e. The Balaban J connectivity index is 0.00000324. The SMILES string of the molecule is [Li+].[O-]c1c(-c2c3ccccc3cc3ccc(-c4ccc(-c5nc6c(n5-c5ccccc5)C=CCC6)cc4)cc23)ccc2ccc[nH+]c12. The van der Waals surface area contributed by atoms with Gasteiger partial charge in [-0.3, -0.25) is 4.57 Å². The van der Waals surface area contributed by atoms with E-state index in [-0.39, 0.29) is 24.6 Å². The Morgan fingerprint density at radius 2 is 1.38 bits per heavy atom. The first-order chi connectivity index (χ1) is 22.7. The number of nitrogens with zero attached hydrogens (tertiary/aromatic N) is 2. The molecule has 0 radical (unpaired) electrons. The molecule has 1 N–H and O–H groups in total. The van der Waals surface area contributed by atoms with Crippen molar-refractivity contribution in [2.75, 3.05) is 0 Å². The second kappa shape index (κ2) is 11.8. The van der Waals surface area contributed by atoms with Crippen molar-refractivity contribution in [3.05, 3.63) is 151 Å². The van der Waals surface area contributed by atoms with Gasteiger partial charge in [-0.05, 0) is 105 Å². The Morgan fingerprint density at radius 3 is 2.26 bits per heavy atom. The van der Waals surface area contributed by atoms with Crippen molar-refractivity contribution in [1.82, 2.24) is 9.55 Å². The minimum absolute atomic E-state index is 0. The molecule has 1 aliphatic carbocycles. The molecule has 5 heteroatoms. The number of benzene rings is 6. The van der Waals surface area contributed by atoms with Gasteiger partial charge in [0.15, 0.2) is 6.20 Å². The monoisotopic (exact) mass is 598 g/mol. The van der Waals surface area contributed by atoms with E-state index in [1.54, 1.807) is 0 Å². The fourth-order valence-electron chi connectivity index (χ4n) is 6.99. The van der Waals surface area contributed by atoms with Crippen LogP contribution >= 0.6 is 0 Å². The molecule has 0 unspecified atom stereocenters. The van der Waals surface area contributed by atoms with Crippen molar-refractivity contribution in [1.29, 1.82) is 0 Å². The maximum Gasteiger partial charge on any atom is 1.00 e.